The van der Waals surface area contributed by atoms with Crippen LogP contribution in [0.25, 0.3) is 0 Å². The van der Waals surface area contributed by atoms with Gasteiger partial charge in [0.05, 0.1) is 0 Å². The fraction of sp³-hybridized carbons (Fsp3) is 0.500. The van der Waals surface area contributed by atoms with E-state index in [1.807, 2.05) is 6.92 Å². The van der Waals surface area contributed by atoms with Gasteiger partial charge in [-0.3, -0.25) is 0 Å². The van der Waals surface area contributed by atoms with Crippen LogP contribution in [0.1, 0.15) is 6.92 Å². The number of halogens is 3. The van der Waals surface area contributed by atoms with Gasteiger partial charge in [0.2, 0.25) is 0 Å². The van der Waals surface area contributed by atoms with Crippen molar-refractivity contribution in [2.75, 3.05) is 0 Å². The number of hydrogen-bond acceptors (Lipinski definition) is 0. The molecule has 0 rings (SSSR count). The summed E-state index contributed by atoms with van der Waals surface area (Å²) in [5, 5.41) is 0. The van der Waals surface area contributed by atoms with E-state index in [-0.39, 0.29) is 0 Å². The van der Waals surface area contributed by atoms with Crippen LogP contribution in [-0.4, -0.2) is 15.0 Å². The maximum absolute atomic E-state index is 5.61. The zero-order chi connectivity index (χ0) is 6.78. The SMILES string of the molecule is C=C(C)[CH2][Sn]([Cl])([Cl])[Cl]. The van der Waals surface area contributed by atoms with Gasteiger partial charge in [0.25, 0.3) is 0 Å². The summed E-state index contributed by atoms with van der Waals surface area (Å²) in [4.78, 5) is 0. The molecule has 0 saturated carbocycles. The summed E-state index contributed by atoms with van der Waals surface area (Å²) in [6, 6.07) is 0. The van der Waals surface area contributed by atoms with Crippen LogP contribution in [0.5, 0.6) is 0 Å². The van der Waals surface area contributed by atoms with Gasteiger partial charge in [0.15, 0.2) is 0 Å². The second-order valence-electron chi connectivity index (χ2n) is 1.75. The average molecular weight is 280 g/mol. The predicted molar refractivity (Wildman–Crippen MR) is 42.9 cm³/mol. The van der Waals surface area contributed by atoms with E-state index < -0.39 is 15.0 Å². The van der Waals surface area contributed by atoms with Gasteiger partial charge >= 0.3 is 65.3 Å². The molecule has 0 nitrogen and oxygen atoms in total. The molecule has 0 bridgehead atoms. The van der Waals surface area contributed by atoms with E-state index in [1.54, 1.807) is 0 Å². The maximum atomic E-state index is 5.61. The summed E-state index contributed by atoms with van der Waals surface area (Å²) in [5.74, 6) is 0. The third-order valence-corrected chi connectivity index (χ3v) is 6.06. The molecule has 0 saturated heterocycles. The van der Waals surface area contributed by atoms with E-state index in [1.165, 1.54) is 0 Å². The standard InChI is InChI=1S/C4H7.3ClH.Sn/c1-4(2)3;;;;/h1-2H2,3H3;3*1H;/q;;;;+3/p-3. The molecule has 0 aromatic heterocycles. The van der Waals surface area contributed by atoms with Crippen molar-refractivity contribution in [3.05, 3.63) is 12.2 Å². The Morgan fingerprint density at radius 2 is 1.88 bits per heavy atom. The molecule has 0 aromatic carbocycles. The van der Waals surface area contributed by atoms with Crippen LogP contribution < -0.4 is 0 Å². The van der Waals surface area contributed by atoms with Crippen molar-refractivity contribution in [2.45, 2.75) is 11.4 Å². The molecule has 0 aromatic rings. The molecule has 4 heteroatoms. The summed E-state index contributed by atoms with van der Waals surface area (Å²) < 4.78 is 0.638. The van der Waals surface area contributed by atoms with Crippen LogP contribution in [0.3, 0.4) is 0 Å². The van der Waals surface area contributed by atoms with Gasteiger partial charge in [-0.15, -0.1) is 0 Å². The molecule has 0 amide bonds. The van der Waals surface area contributed by atoms with Crippen molar-refractivity contribution < 1.29 is 0 Å². The Balaban J connectivity index is 3.55. The fourth-order valence-corrected chi connectivity index (χ4v) is 6.89. The summed E-state index contributed by atoms with van der Waals surface area (Å²) in [6.07, 6.45) is 0. The van der Waals surface area contributed by atoms with Crippen molar-refractivity contribution in [1.29, 1.82) is 0 Å². The van der Waals surface area contributed by atoms with Crippen LogP contribution >= 0.6 is 26.8 Å². The third-order valence-electron chi connectivity index (χ3n) is 0.502. The summed E-state index contributed by atoms with van der Waals surface area (Å²) in [5.41, 5.74) is 0.973. The van der Waals surface area contributed by atoms with Gasteiger partial charge in [-0.05, 0) is 0 Å². The van der Waals surface area contributed by atoms with Crippen molar-refractivity contribution in [2.24, 2.45) is 0 Å². The van der Waals surface area contributed by atoms with Gasteiger partial charge in [0, 0.05) is 0 Å². The zero-order valence-corrected chi connectivity index (χ0v) is 9.67. The predicted octanol–water partition coefficient (Wildman–Crippen LogP) is 3.22. The Kier molecular flexibility index (Phi) is 4.17. The van der Waals surface area contributed by atoms with Crippen LogP contribution in [0.2, 0.25) is 4.44 Å². The van der Waals surface area contributed by atoms with Crippen LogP contribution in [0, 0.1) is 0 Å². The van der Waals surface area contributed by atoms with Crippen LogP contribution in [0.4, 0.5) is 0 Å². The Hall–Kier alpha value is 1.41. The Morgan fingerprint density at radius 1 is 1.50 bits per heavy atom. The van der Waals surface area contributed by atoms with Gasteiger partial charge in [-0.1, -0.05) is 0 Å². The number of rotatable bonds is 2. The topological polar surface area (TPSA) is 0 Å². The number of hydrogen-bond donors (Lipinski definition) is 0. The van der Waals surface area contributed by atoms with E-state index in [9.17, 15) is 0 Å². The molecule has 0 fully saturated rings. The van der Waals surface area contributed by atoms with Crippen molar-refractivity contribution in [1.82, 2.24) is 0 Å². The summed E-state index contributed by atoms with van der Waals surface area (Å²) in [7, 11) is 16.8. The monoisotopic (exact) mass is 280 g/mol. The first-order valence-corrected chi connectivity index (χ1v) is 15.0. The molecule has 0 N–H and O–H groups in total. The van der Waals surface area contributed by atoms with Crippen LogP contribution in [-0.2, 0) is 0 Å². The van der Waals surface area contributed by atoms with E-state index in [0.29, 0.717) is 4.44 Å². The molecule has 0 radical (unpaired) electrons. The molecule has 0 aliphatic heterocycles. The van der Waals surface area contributed by atoms with Gasteiger partial charge < -0.3 is 0 Å². The molecular formula is C4H7Cl3Sn. The quantitative estimate of drug-likeness (QED) is 0.538. The van der Waals surface area contributed by atoms with Crippen molar-refractivity contribution in [3.8, 4) is 0 Å². The van der Waals surface area contributed by atoms with E-state index in [0.717, 1.165) is 5.57 Å². The molecule has 0 aliphatic carbocycles. The second-order valence-corrected chi connectivity index (χ2v) is 23.1. The van der Waals surface area contributed by atoms with Gasteiger partial charge in [-0.2, -0.15) is 0 Å². The molecule has 8 heavy (non-hydrogen) atoms. The Morgan fingerprint density at radius 3 is 1.88 bits per heavy atom. The van der Waals surface area contributed by atoms with Crippen LogP contribution in [0.15, 0.2) is 12.2 Å². The molecule has 0 aliphatic rings. The molecule has 0 heterocycles. The first kappa shape index (κ1) is 9.41. The molecular weight excluding hydrogens is 273 g/mol. The zero-order valence-electron chi connectivity index (χ0n) is 4.55. The normalized spacial score (nSPS) is 11.5. The Bertz CT molecular complexity index is 93.9. The minimum atomic E-state index is -3.04. The fourth-order valence-electron chi connectivity index (χ4n) is 0.342. The van der Waals surface area contributed by atoms with Gasteiger partial charge in [-0.25, -0.2) is 0 Å². The number of allylic oxidation sites excluding steroid dienone is 1. The summed E-state index contributed by atoms with van der Waals surface area (Å²) >= 11 is -3.04. The first-order chi connectivity index (χ1) is 3.42. The first-order valence-electron chi connectivity index (χ1n) is 2.13. The van der Waals surface area contributed by atoms with Crippen molar-refractivity contribution in [3.63, 3.8) is 0 Å². The molecule has 0 atom stereocenters. The van der Waals surface area contributed by atoms with E-state index in [4.69, 9.17) is 26.8 Å². The Labute approximate surface area is 64.8 Å². The molecule has 48 valence electrons. The second kappa shape index (κ2) is 3.55. The summed E-state index contributed by atoms with van der Waals surface area (Å²) in [6.45, 7) is 5.51. The van der Waals surface area contributed by atoms with Gasteiger partial charge in [0.1, 0.15) is 0 Å². The van der Waals surface area contributed by atoms with E-state index in [2.05, 4.69) is 6.58 Å². The average Bonchev–Trinajstić information content (AvgIpc) is 1.21. The molecule has 0 unspecified atom stereocenters. The minimum absolute atomic E-state index is 0.638. The molecule has 0 spiro atoms. The third kappa shape index (κ3) is 7.41. The van der Waals surface area contributed by atoms with Crippen molar-refractivity contribution >= 4 is 41.8 Å². The van der Waals surface area contributed by atoms with E-state index >= 15 is 0 Å².